The molecule has 0 amide bonds. The molecule has 1 aromatic carbocycles. The number of methoxy groups -OCH3 is 1. The molecule has 1 N–H and O–H groups in total. The number of carbonyl (C=O) groups is 1. The fraction of sp³-hybridized carbons (Fsp3) is 0.462. The molecule has 1 aliphatic heterocycles. The van der Waals surface area contributed by atoms with Gasteiger partial charge >= 0.3 is 5.97 Å². The number of rotatable bonds is 4. The Morgan fingerprint density at radius 1 is 1.61 bits per heavy atom. The van der Waals surface area contributed by atoms with Crippen LogP contribution in [0.3, 0.4) is 0 Å². The van der Waals surface area contributed by atoms with Crippen LogP contribution in [-0.2, 0) is 9.47 Å². The molecule has 0 spiro atoms. The number of anilines is 1. The minimum atomic E-state index is -0.369. The van der Waals surface area contributed by atoms with Gasteiger partial charge in [-0.15, -0.1) is 0 Å². The van der Waals surface area contributed by atoms with E-state index in [1.165, 1.54) is 7.11 Å². The van der Waals surface area contributed by atoms with Crippen molar-refractivity contribution in [3.63, 3.8) is 0 Å². The molecule has 1 fully saturated rings. The number of nitrogens with one attached hydrogen (secondary N) is 1. The van der Waals surface area contributed by atoms with Crippen LogP contribution in [0.2, 0.25) is 5.02 Å². The fourth-order valence-electron chi connectivity index (χ4n) is 1.93. The van der Waals surface area contributed by atoms with Crippen LogP contribution in [0.5, 0.6) is 0 Å². The van der Waals surface area contributed by atoms with Crippen molar-refractivity contribution in [1.29, 1.82) is 0 Å². The van der Waals surface area contributed by atoms with Crippen molar-refractivity contribution in [2.75, 3.05) is 25.6 Å². The molecule has 1 unspecified atom stereocenters. The van der Waals surface area contributed by atoms with Crippen molar-refractivity contribution in [3.05, 3.63) is 28.8 Å². The summed E-state index contributed by atoms with van der Waals surface area (Å²) in [5, 5.41) is 3.79. The van der Waals surface area contributed by atoms with Gasteiger partial charge in [0, 0.05) is 13.2 Å². The number of hydrogen-bond donors (Lipinski definition) is 1. The summed E-state index contributed by atoms with van der Waals surface area (Å²) in [6, 6.07) is 5.03. The van der Waals surface area contributed by atoms with E-state index in [1.54, 1.807) is 18.2 Å². The van der Waals surface area contributed by atoms with Gasteiger partial charge in [-0.3, -0.25) is 0 Å². The van der Waals surface area contributed by atoms with E-state index in [4.69, 9.17) is 16.3 Å². The summed E-state index contributed by atoms with van der Waals surface area (Å²) >= 11 is 6.07. The minimum Gasteiger partial charge on any atom is -0.465 e. The van der Waals surface area contributed by atoms with Crippen LogP contribution < -0.4 is 5.32 Å². The van der Waals surface area contributed by atoms with Gasteiger partial charge in [-0.1, -0.05) is 11.6 Å². The van der Waals surface area contributed by atoms with Crippen LogP contribution in [-0.4, -0.2) is 32.3 Å². The van der Waals surface area contributed by atoms with E-state index in [0.29, 0.717) is 17.1 Å². The zero-order valence-corrected chi connectivity index (χ0v) is 11.0. The van der Waals surface area contributed by atoms with Crippen LogP contribution in [0.15, 0.2) is 18.2 Å². The molecule has 1 aromatic rings. The third-order valence-corrected chi connectivity index (χ3v) is 3.26. The van der Waals surface area contributed by atoms with Crippen LogP contribution in [0.4, 0.5) is 5.69 Å². The zero-order valence-electron chi connectivity index (χ0n) is 10.2. The van der Waals surface area contributed by atoms with Crippen molar-refractivity contribution in [1.82, 2.24) is 0 Å². The third-order valence-electron chi connectivity index (χ3n) is 2.93. The molecule has 0 aromatic heterocycles. The van der Waals surface area contributed by atoms with E-state index in [-0.39, 0.29) is 12.1 Å². The largest absolute Gasteiger partial charge is 0.465 e. The van der Waals surface area contributed by atoms with Crippen molar-refractivity contribution in [3.8, 4) is 0 Å². The predicted molar refractivity (Wildman–Crippen MR) is 70.3 cm³/mol. The quantitative estimate of drug-likeness (QED) is 0.854. The second-order valence-corrected chi connectivity index (χ2v) is 4.61. The van der Waals surface area contributed by atoms with Crippen molar-refractivity contribution < 1.29 is 14.3 Å². The summed E-state index contributed by atoms with van der Waals surface area (Å²) in [6.07, 6.45) is 2.38. The summed E-state index contributed by atoms with van der Waals surface area (Å²) < 4.78 is 10.2. The lowest BCUT2D eigenvalue weighted by atomic mass is 10.2. The smallest absolute Gasteiger partial charge is 0.337 e. The first kappa shape index (κ1) is 13.2. The van der Waals surface area contributed by atoms with E-state index in [0.717, 1.165) is 25.1 Å². The van der Waals surface area contributed by atoms with Crippen molar-refractivity contribution in [2.24, 2.45) is 0 Å². The van der Waals surface area contributed by atoms with Gasteiger partial charge < -0.3 is 14.8 Å². The monoisotopic (exact) mass is 269 g/mol. The maximum Gasteiger partial charge on any atom is 0.337 e. The molecule has 1 saturated heterocycles. The molecule has 98 valence electrons. The molecule has 5 heteroatoms. The Bertz CT molecular complexity index is 430. The number of esters is 1. The molecule has 0 aliphatic carbocycles. The lowest BCUT2D eigenvalue weighted by Gasteiger charge is -2.13. The summed E-state index contributed by atoms with van der Waals surface area (Å²) in [6.45, 7) is 1.52. The predicted octanol–water partition coefficient (Wildman–Crippen LogP) is 2.72. The first-order chi connectivity index (χ1) is 8.70. The first-order valence-corrected chi connectivity index (χ1v) is 6.32. The highest BCUT2D eigenvalue weighted by molar-refractivity contribution is 6.33. The second-order valence-electron chi connectivity index (χ2n) is 4.20. The molecule has 1 atom stereocenters. The molecule has 2 rings (SSSR count). The Morgan fingerprint density at radius 2 is 2.44 bits per heavy atom. The lowest BCUT2D eigenvalue weighted by Crippen LogP contribution is -2.18. The summed E-state index contributed by atoms with van der Waals surface area (Å²) in [5.41, 5.74) is 1.21. The average molecular weight is 270 g/mol. The van der Waals surface area contributed by atoms with Gasteiger partial charge in [-0.25, -0.2) is 4.79 Å². The molecule has 0 radical (unpaired) electrons. The lowest BCUT2D eigenvalue weighted by molar-refractivity contribution is 0.0601. The van der Waals surface area contributed by atoms with Crippen molar-refractivity contribution in [2.45, 2.75) is 18.9 Å². The van der Waals surface area contributed by atoms with Crippen LogP contribution in [0.1, 0.15) is 23.2 Å². The maximum absolute atomic E-state index is 11.4. The third kappa shape index (κ3) is 3.15. The van der Waals surface area contributed by atoms with Gasteiger partial charge in [0.05, 0.1) is 29.5 Å². The molecule has 0 saturated carbocycles. The number of carbonyl (C=O) groups excluding carboxylic acids is 1. The standard InChI is InChI=1S/C13H16ClNO3/c1-17-13(16)9-4-5-11(14)12(7-9)15-8-10-3-2-6-18-10/h4-5,7,10,15H,2-3,6,8H2,1H3. The zero-order chi connectivity index (χ0) is 13.0. The topological polar surface area (TPSA) is 47.6 Å². The van der Waals surface area contributed by atoms with Gasteiger partial charge in [0.15, 0.2) is 0 Å². The highest BCUT2D eigenvalue weighted by atomic mass is 35.5. The highest BCUT2D eigenvalue weighted by Gasteiger charge is 2.16. The fourth-order valence-corrected chi connectivity index (χ4v) is 2.12. The van der Waals surface area contributed by atoms with Gasteiger partial charge in [0.1, 0.15) is 0 Å². The Balaban J connectivity index is 2.03. The molecular weight excluding hydrogens is 254 g/mol. The summed E-state index contributed by atoms with van der Waals surface area (Å²) in [5.74, 6) is -0.369. The van der Waals surface area contributed by atoms with E-state index in [1.807, 2.05) is 0 Å². The van der Waals surface area contributed by atoms with Crippen LogP contribution in [0, 0.1) is 0 Å². The van der Waals surface area contributed by atoms with E-state index < -0.39 is 0 Å². The van der Waals surface area contributed by atoms with Crippen LogP contribution >= 0.6 is 11.6 Å². The molecule has 1 heterocycles. The van der Waals surface area contributed by atoms with Crippen LogP contribution in [0.25, 0.3) is 0 Å². The number of benzene rings is 1. The Kier molecular flexibility index (Phi) is 4.44. The Hall–Kier alpha value is -1.26. The number of hydrogen-bond acceptors (Lipinski definition) is 4. The van der Waals surface area contributed by atoms with Gasteiger partial charge in [0.2, 0.25) is 0 Å². The van der Waals surface area contributed by atoms with E-state index in [2.05, 4.69) is 10.1 Å². The average Bonchev–Trinajstić information content (AvgIpc) is 2.90. The molecule has 1 aliphatic rings. The van der Waals surface area contributed by atoms with E-state index >= 15 is 0 Å². The molecule has 18 heavy (non-hydrogen) atoms. The summed E-state index contributed by atoms with van der Waals surface area (Å²) in [4.78, 5) is 11.4. The molecular formula is C13H16ClNO3. The SMILES string of the molecule is COC(=O)c1ccc(Cl)c(NCC2CCCO2)c1. The van der Waals surface area contributed by atoms with Gasteiger partial charge in [0.25, 0.3) is 0 Å². The first-order valence-electron chi connectivity index (χ1n) is 5.94. The Morgan fingerprint density at radius 3 is 3.11 bits per heavy atom. The molecule has 4 nitrogen and oxygen atoms in total. The van der Waals surface area contributed by atoms with E-state index in [9.17, 15) is 4.79 Å². The number of ether oxygens (including phenoxy) is 2. The molecule has 0 bridgehead atoms. The second kappa shape index (κ2) is 6.07. The Labute approximate surface area is 111 Å². The van der Waals surface area contributed by atoms with Crippen molar-refractivity contribution >= 4 is 23.3 Å². The highest BCUT2D eigenvalue weighted by Crippen LogP contribution is 2.24. The van der Waals surface area contributed by atoms with Gasteiger partial charge in [-0.05, 0) is 31.0 Å². The minimum absolute atomic E-state index is 0.225. The normalized spacial score (nSPS) is 18.7. The summed E-state index contributed by atoms with van der Waals surface area (Å²) in [7, 11) is 1.36. The van der Waals surface area contributed by atoms with Gasteiger partial charge in [-0.2, -0.15) is 0 Å². The maximum atomic E-state index is 11.4. The number of halogens is 1.